The van der Waals surface area contributed by atoms with Crippen LogP contribution >= 0.6 is 11.6 Å². The lowest BCUT2D eigenvalue weighted by atomic mass is 10.2. The highest BCUT2D eigenvalue weighted by Crippen LogP contribution is 2.31. The van der Waals surface area contributed by atoms with Crippen LogP contribution in [0.5, 0.6) is 0 Å². The van der Waals surface area contributed by atoms with Crippen molar-refractivity contribution in [3.05, 3.63) is 65.5 Å². The molecule has 0 spiro atoms. The van der Waals surface area contributed by atoms with Crippen molar-refractivity contribution in [3.8, 4) is 11.6 Å². The van der Waals surface area contributed by atoms with Crippen LogP contribution < -0.4 is 0 Å². The van der Waals surface area contributed by atoms with E-state index in [-0.39, 0.29) is 28.8 Å². The third-order valence-corrected chi connectivity index (χ3v) is 5.63. The zero-order valence-corrected chi connectivity index (χ0v) is 14.8. The van der Waals surface area contributed by atoms with Gasteiger partial charge in [-0.05, 0) is 30.3 Å². The zero-order chi connectivity index (χ0) is 18.3. The topological polar surface area (TPSA) is 98.2 Å². The Morgan fingerprint density at radius 1 is 1.15 bits per heavy atom. The molecule has 0 aliphatic heterocycles. The van der Waals surface area contributed by atoms with E-state index in [1.54, 1.807) is 30.3 Å². The maximum absolute atomic E-state index is 13.0. The lowest BCUT2D eigenvalue weighted by Crippen LogP contribution is -2.14. The van der Waals surface area contributed by atoms with Gasteiger partial charge < -0.3 is 9.52 Å². The van der Waals surface area contributed by atoms with E-state index in [9.17, 15) is 8.42 Å². The minimum Gasteiger partial charge on any atom is -0.437 e. The molecule has 2 aromatic heterocycles. The monoisotopic (exact) mass is 389 g/mol. The molecule has 9 heteroatoms. The van der Waals surface area contributed by atoms with Crippen molar-refractivity contribution >= 4 is 32.5 Å². The van der Waals surface area contributed by atoms with Crippen molar-refractivity contribution < 1.29 is 17.9 Å². The number of rotatable bonds is 4. The molecule has 26 heavy (non-hydrogen) atoms. The molecule has 2 aromatic carbocycles. The molecule has 132 valence electrons. The van der Waals surface area contributed by atoms with Crippen LogP contribution in [0.3, 0.4) is 0 Å². The standard InChI is InChI=1S/C17H12ClN3O4S/c18-11-6-7-14-15(8-11)21(26(23,24)13-4-2-1-3-5-13)20-16(14)17-19-9-12(10-22)25-17/h1-9,22H,10H2. The number of halogens is 1. The zero-order valence-electron chi connectivity index (χ0n) is 13.2. The largest absolute Gasteiger partial charge is 0.437 e. The van der Waals surface area contributed by atoms with Gasteiger partial charge in [-0.25, -0.2) is 4.98 Å². The first-order valence-electron chi connectivity index (χ1n) is 7.55. The number of oxazole rings is 1. The minimum atomic E-state index is -3.94. The number of aliphatic hydroxyl groups excluding tert-OH is 1. The second-order valence-electron chi connectivity index (χ2n) is 5.46. The smallest absolute Gasteiger partial charge is 0.283 e. The maximum atomic E-state index is 13.0. The van der Waals surface area contributed by atoms with Gasteiger partial charge in [0.1, 0.15) is 12.4 Å². The molecule has 4 rings (SSSR count). The number of hydrogen-bond donors (Lipinski definition) is 1. The lowest BCUT2D eigenvalue weighted by Gasteiger charge is -2.05. The van der Waals surface area contributed by atoms with Crippen molar-refractivity contribution in [1.82, 2.24) is 14.2 Å². The molecule has 7 nitrogen and oxygen atoms in total. The summed E-state index contributed by atoms with van der Waals surface area (Å²) in [6.45, 7) is -0.320. The third-order valence-electron chi connectivity index (χ3n) is 3.79. The maximum Gasteiger partial charge on any atom is 0.283 e. The van der Waals surface area contributed by atoms with Gasteiger partial charge in [0, 0.05) is 10.4 Å². The Bertz CT molecular complexity index is 1200. The Kier molecular flexibility index (Phi) is 4.03. The van der Waals surface area contributed by atoms with Crippen LogP contribution in [0.25, 0.3) is 22.5 Å². The molecule has 0 fully saturated rings. The SMILES string of the molecule is O=S(=O)(c1ccccc1)n1nc(-c2ncc(CO)o2)c2ccc(Cl)cc21. The quantitative estimate of drug-likeness (QED) is 0.576. The van der Waals surface area contributed by atoms with Gasteiger partial charge >= 0.3 is 0 Å². The predicted molar refractivity (Wildman–Crippen MR) is 95.2 cm³/mol. The summed E-state index contributed by atoms with van der Waals surface area (Å²) < 4.78 is 32.4. The molecule has 0 unspecified atom stereocenters. The molecule has 2 heterocycles. The molecule has 0 aliphatic carbocycles. The van der Waals surface area contributed by atoms with Crippen LogP contribution in [-0.2, 0) is 16.6 Å². The van der Waals surface area contributed by atoms with Crippen LogP contribution in [0.1, 0.15) is 5.76 Å². The minimum absolute atomic E-state index is 0.0966. The summed E-state index contributed by atoms with van der Waals surface area (Å²) in [6, 6.07) is 12.8. The van der Waals surface area contributed by atoms with Crippen LogP contribution in [0.4, 0.5) is 0 Å². The van der Waals surface area contributed by atoms with E-state index in [4.69, 9.17) is 21.1 Å². The highest BCUT2D eigenvalue weighted by atomic mass is 35.5. The highest BCUT2D eigenvalue weighted by molar-refractivity contribution is 7.90. The summed E-state index contributed by atoms with van der Waals surface area (Å²) >= 11 is 6.06. The fourth-order valence-electron chi connectivity index (χ4n) is 2.59. The van der Waals surface area contributed by atoms with Crippen LogP contribution in [0.15, 0.2) is 64.0 Å². The van der Waals surface area contributed by atoms with E-state index < -0.39 is 10.0 Å². The Balaban J connectivity index is 2.00. The summed E-state index contributed by atoms with van der Waals surface area (Å²) in [5.41, 5.74) is 0.552. The average Bonchev–Trinajstić information content (AvgIpc) is 3.26. The van der Waals surface area contributed by atoms with Gasteiger partial charge in [0.05, 0.1) is 16.6 Å². The summed E-state index contributed by atoms with van der Waals surface area (Å²) in [7, 11) is -3.94. The molecule has 0 atom stereocenters. The van der Waals surface area contributed by atoms with Crippen molar-refractivity contribution in [2.24, 2.45) is 0 Å². The van der Waals surface area contributed by atoms with Gasteiger partial charge in [0.2, 0.25) is 5.89 Å². The van der Waals surface area contributed by atoms with E-state index in [1.807, 2.05) is 0 Å². The van der Waals surface area contributed by atoms with E-state index in [2.05, 4.69) is 10.1 Å². The summed E-state index contributed by atoms with van der Waals surface area (Å²) in [5.74, 6) is 0.367. The summed E-state index contributed by atoms with van der Waals surface area (Å²) in [5, 5.41) is 14.3. The number of benzene rings is 2. The molecular formula is C17H12ClN3O4S. The highest BCUT2D eigenvalue weighted by Gasteiger charge is 2.25. The second kappa shape index (κ2) is 6.24. The Labute approximate surface area is 153 Å². The van der Waals surface area contributed by atoms with Crippen molar-refractivity contribution in [2.45, 2.75) is 11.5 Å². The first-order chi connectivity index (χ1) is 12.5. The molecule has 0 saturated carbocycles. The average molecular weight is 390 g/mol. The van der Waals surface area contributed by atoms with Gasteiger partial charge in [-0.3, -0.25) is 0 Å². The number of nitrogens with zero attached hydrogens (tertiary/aromatic N) is 3. The number of hydrogen-bond acceptors (Lipinski definition) is 6. The molecule has 0 aliphatic rings. The fourth-order valence-corrected chi connectivity index (χ4v) is 4.05. The van der Waals surface area contributed by atoms with Crippen LogP contribution in [0.2, 0.25) is 5.02 Å². The third kappa shape index (κ3) is 2.68. The summed E-state index contributed by atoms with van der Waals surface area (Å²) in [6.07, 6.45) is 1.36. The van der Waals surface area contributed by atoms with Gasteiger partial charge in [0.25, 0.3) is 10.0 Å². The molecular weight excluding hydrogens is 378 g/mol. The van der Waals surface area contributed by atoms with Crippen LogP contribution in [0, 0.1) is 0 Å². The Morgan fingerprint density at radius 2 is 1.92 bits per heavy atom. The van der Waals surface area contributed by atoms with Gasteiger partial charge in [0.15, 0.2) is 5.69 Å². The van der Waals surface area contributed by atoms with Crippen molar-refractivity contribution in [3.63, 3.8) is 0 Å². The molecule has 0 bridgehead atoms. The van der Waals surface area contributed by atoms with E-state index in [0.29, 0.717) is 15.9 Å². The predicted octanol–water partition coefficient (Wildman–Crippen LogP) is 3.07. The molecule has 4 aromatic rings. The molecule has 1 N–H and O–H groups in total. The van der Waals surface area contributed by atoms with Crippen molar-refractivity contribution in [1.29, 1.82) is 0 Å². The van der Waals surface area contributed by atoms with E-state index >= 15 is 0 Å². The molecule has 0 radical (unpaired) electrons. The summed E-state index contributed by atoms with van der Waals surface area (Å²) in [4.78, 5) is 4.16. The van der Waals surface area contributed by atoms with Gasteiger partial charge in [-0.1, -0.05) is 29.8 Å². The van der Waals surface area contributed by atoms with E-state index in [0.717, 1.165) is 4.09 Å². The van der Waals surface area contributed by atoms with Crippen LogP contribution in [-0.4, -0.2) is 27.7 Å². The Hall–Kier alpha value is -2.68. The molecule has 0 saturated heterocycles. The first kappa shape index (κ1) is 16.8. The number of fused-ring (bicyclic) bond motifs is 1. The molecule has 0 amide bonds. The van der Waals surface area contributed by atoms with E-state index in [1.165, 1.54) is 24.4 Å². The van der Waals surface area contributed by atoms with Crippen molar-refractivity contribution in [2.75, 3.05) is 0 Å². The number of aliphatic hydroxyl groups is 1. The van der Waals surface area contributed by atoms with Gasteiger partial charge in [-0.2, -0.15) is 17.6 Å². The normalized spacial score (nSPS) is 11.9. The lowest BCUT2D eigenvalue weighted by molar-refractivity contribution is 0.248. The fraction of sp³-hybridized carbons (Fsp3) is 0.0588. The van der Waals surface area contributed by atoms with Gasteiger partial charge in [-0.15, -0.1) is 0 Å². The Morgan fingerprint density at radius 3 is 2.62 bits per heavy atom. The first-order valence-corrected chi connectivity index (χ1v) is 9.37. The number of aromatic nitrogens is 3. The second-order valence-corrected chi connectivity index (χ2v) is 7.66.